The van der Waals surface area contributed by atoms with E-state index in [2.05, 4.69) is 10.4 Å². The van der Waals surface area contributed by atoms with Gasteiger partial charge >= 0.3 is 5.97 Å². The molecular formula is C23H28ClN5O4. The summed E-state index contributed by atoms with van der Waals surface area (Å²) < 4.78 is 9.99. The number of carbonyl (C=O) groups excluding carboxylic acids is 2. The van der Waals surface area contributed by atoms with E-state index in [1.54, 1.807) is 42.4 Å². The van der Waals surface area contributed by atoms with Gasteiger partial charge in [-0.25, -0.2) is 9.48 Å². The molecule has 3 aromatic rings. The first kappa shape index (κ1) is 24.3. The molecule has 0 aliphatic heterocycles. The minimum absolute atomic E-state index is 0.119. The van der Waals surface area contributed by atoms with E-state index in [-0.39, 0.29) is 27.9 Å². The van der Waals surface area contributed by atoms with Gasteiger partial charge in [-0.2, -0.15) is 5.10 Å². The summed E-state index contributed by atoms with van der Waals surface area (Å²) >= 11 is 6.33. The van der Waals surface area contributed by atoms with Crippen LogP contribution in [0, 0.1) is 19.8 Å². The van der Waals surface area contributed by atoms with E-state index in [0.29, 0.717) is 23.6 Å². The normalized spacial score (nSPS) is 12.1. The maximum Gasteiger partial charge on any atom is 0.343 e. The van der Waals surface area contributed by atoms with Crippen molar-refractivity contribution >= 4 is 29.2 Å². The second kappa shape index (κ2) is 9.66. The van der Waals surface area contributed by atoms with Gasteiger partial charge in [0.15, 0.2) is 6.10 Å². The fourth-order valence-electron chi connectivity index (χ4n) is 3.46. The molecule has 0 spiro atoms. The van der Waals surface area contributed by atoms with Gasteiger partial charge in [0.1, 0.15) is 16.4 Å². The lowest BCUT2D eigenvalue weighted by molar-refractivity contribution is -0.123. The van der Waals surface area contributed by atoms with Crippen LogP contribution in [-0.2, 0) is 23.1 Å². The summed E-state index contributed by atoms with van der Waals surface area (Å²) in [5, 5.41) is 7.06. The van der Waals surface area contributed by atoms with Gasteiger partial charge in [0.2, 0.25) is 0 Å². The number of nitrogens with one attached hydrogen (secondary N) is 1. The summed E-state index contributed by atoms with van der Waals surface area (Å²) in [6.07, 6.45) is -1.16. The molecule has 33 heavy (non-hydrogen) atoms. The maximum atomic E-state index is 13.0. The van der Waals surface area contributed by atoms with Crippen molar-refractivity contribution in [1.82, 2.24) is 19.1 Å². The smallest absolute Gasteiger partial charge is 0.343 e. The summed E-state index contributed by atoms with van der Waals surface area (Å²) in [4.78, 5) is 38.5. The van der Waals surface area contributed by atoms with Crippen molar-refractivity contribution in [3.8, 4) is 5.69 Å². The Balaban J connectivity index is 1.78. The Kier molecular flexibility index (Phi) is 7.12. The van der Waals surface area contributed by atoms with E-state index in [4.69, 9.17) is 16.3 Å². The van der Waals surface area contributed by atoms with Crippen LogP contribution in [0.25, 0.3) is 5.69 Å². The summed E-state index contributed by atoms with van der Waals surface area (Å²) in [5.74, 6) is -1.09. The number of amides is 1. The standard InChI is InChI=1S/C23H28ClN5O4/c1-13(2)12-28-20(24)18(14(3)26-28)23(32)33-16(5)21(30)25-19-15(4)27(6)29(22(19)31)17-10-8-7-9-11-17/h7-11,13,16H,12H2,1-6H3,(H,25,30). The third-order valence-corrected chi connectivity index (χ3v) is 5.65. The predicted molar refractivity (Wildman–Crippen MR) is 126 cm³/mol. The lowest BCUT2D eigenvalue weighted by Gasteiger charge is -2.13. The van der Waals surface area contributed by atoms with Crippen molar-refractivity contribution in [3.05, 3.63) is 62.8 Å². The molecule has 2 aromatic heterocycles. The third kappa shape index (κ3) is 4.88. The van der Waals surface area contributed by atoms with Gasteiger partial charge in [-0.05, 0) is 38.8 Å². The number of nitrogens with zero attached hydrogens (tertiary/aromatic N) is 4. The zero-order valence-corrected chi connectivity index (χ0v) is 20.3. The van der Waals surface area contributed by atoms with Gasteiger partial charge < -0.3 is 10.1 Å². The maximum absolute atomic E-state index is 13.0. The molecule has 0 aliphatic carbocycles. The number of benzene rings is 1. The van der Waals surface area contributed by atoms with E-state index in [9.17, 15) is 14.4 Å². The van der Waals surface area contributed by atoms with Gasteiger partial charge in [-0.3, -0.25) is 19.0 Å². The number of anilines is 1. The average Bonchev–Trinajstić information content (AvgIpc) is 3.14. The minimum Gasteiger partial charge on any atom is -0.449 e. The number of aromatic nitrogens is 4. The number of esters is 1. The van der Waals surface area contributed by atoms with Crippen LogP contribution in [0.3, 0.4) is 0 Å². The first-order valence-corrected chi connectivity index (χ1v) is 11.0. The van der Waals surface area contributed by atoms with Crippen molar-refractivity contribution in [2.45, 2.75) is 47.3 Å². The third-order valence-electron chi connectivity index (χ3n) is 5.26. The van der Waals surface area contributed by atoms with Gasteiger partial charge in [-0.15, -0.1) is 0 Å². The molecule has 0 fully saturated rings. The molecule has 1 amide bonds. The first-order chi connectivity index (χ1) is 15.5. The predicted octanol–water partition coefficient (Wildman–Crippen LogP) is 3.48. The zero-order chi connectivity index (χ0) is 24.4. The lowest BCUT2D eigenvalue weighted by Crippen LogP contribution is -2.32. The second-order valence-corrected chi connectivity index (χ2v) is 8.66. The molecular weight excluding hydrogens is 446 g/mol. The quantitative estimate of drug-likeness (QED) is 0.529. The molecule has 10 heteroatoms. The largest absolute Gasteiger partial charge is 0.449 e. The molecule has 0 bridgehead atoms. The van der Waals surface area contributed by atoms with E-state index in [1.807, 2.05) is 32.0 Å². The van der Waals surface area contributed by atoms with Crippen LogP contribution < -0.4 is 10.9 Å². The monoisotopic (exact) mass is 473 g/mol. The van der Waals surface area contributed by atoms with Crippen LogP contribution >= 0.6 is 11.6 Å². The molecule has 3 rings (SSSR count). The number of aryl methyl sites for hydroxylation is 1. The van der Waals surface area contributed by atoms with Gasteiger partial charge in [0, 0.05) is 13.6 Å². The molecule has 176 valence electrons. The SMILES string of the molecule is Cc1nn(CC(C)C)c(Cl)c1C(=O)OC(C)C(=O)Nc1c(C)n(C)n(-c2ccccc2)c1=O. The van der Waals surface area contributed by atoms with Crippen molar-refractivity contribution in [2.24, 2.45) is 13.0 Å². The van der Waals surface area contributed by atoms with E-state index < -0.39 is 18.0 Å². The highest BCUT2D eigenvalue weighted by Gasteiger charge is 2.27. The first-order valence-electron chi connectivity index (χ1n) is 10.6. The van der Waals surface area contributed by atoms with Crippen LogP contribution in [0.15, 0.2) is 35.1 Å². The van der Waals surface area contributed by atoms with Crippen LogP contribution in [0.1, 0.15) is 42.5 Å². The van der Waals surface area contributed by atoms with E-state index in [1.165, 1.54) is 11.6 Å². The number of hydrogen-bond acceptors (Lipinski definition) is 5. The Labute approximate surface area is 196 Å². The molecule has 9 nitrogen and oxygen atoms in total. The molecule has 2 heterocycles. The molecule has 1 atom stereocenters. The minimum atomic E-state index is -1.16. The van der Waals surface area contributed by atoms with Crippen molar-refractivity contribution in [1.29, 1.82) is 0 Å². The Morgan fingerprint density at radius 3 is 2.39 bits per heavy atom. The van der Waals surface area contributed by atoms with Crippen molar-refractivity contribution in [2.75, 3.05) is 5.32 Å². The van der Waals surface area contributed by atoms with Crippen LogP contribution in [0.4, 0.5) is 5.69 Å². The number of ether oxygens (including phenoxy) is 1. The van der Waals surface area contributed by atoms with Crippen LogP contribution in [-0.4, -0.2) is 37.1 Å². The summed E-state index contributed by atoms with van der Waals surface area (Å²) in [7, 11) is 1.72. The Morgan fingerprint density at radius 2 is 1.79 bits per heavy atom. The lowest BCUT2D eigenvalue weighted by atomic mass is 10.2. The summed E-state index contributed by atoms with van der Waals surface area (Å²) in [6.45, 7) is 9.37. The van der Waals surface area contributed by atoms with Crippen LogP contribution in [0.2, 0.25) is 5.15 Å². The number of halogens is 1. The summed E-state index contributed by atoms with van der Waals surface area (Å²) in [6, 6.07) is 9.08. The van der Waals surface area contributed by atoms with Gasteiger partial charge in [0.25, 0.3) is 11.5 Å². The molecule has 0 saturated heterocycles. The fourth-order valence-corrected chi connectivity index (χ4v) is 3.78. The summed E-state index contributed by atoms with van der Waals surface area (Å²) in [5.41, 5.74) is 1.50. The molecule has 0 aliphatic rings. The molecule has 1 N–H and O–H groups in total. The highest BCUT2D eigenvalue weighted by molar-refractivity contribution is 6.32. The highest BCUT2D eigenvalue weighted by Crippen LogP contribution is 2.22. The van der Waals surface area contributed by atoms with Crippen molar-refractivity contribution < 1.29 is 14.3 Å². The fraction of sp³-hybridized carbons (Fsp3) is 0.391. The average molecular weight is 474 g/mol. The Bertz CT molecular complexity index is 1240. The Morgan fingerprint density at radius 1 is 1.15 bits per heavy atom. The van der Waals surface area contributed by atoms with Crippen LogP contribution in [0.5, 0.6) is 0 Å². The number of rotatable bonds is 7. The number of carbonyl (C=O) groups is 2. The van der Waals surface area contributed by atoms with Crippen molar-refractivity contribution in [3.63, 3.8) is 0 Å². The van der Waals surface area contributed by atoms with Gasteiger partial charge in [0.05, 0.1) is 17.1 Å². The molecule has 1 aromatic carbocycles. The second-order valence-electron chi connectivity index (χ2n) is 8.30. The molecule has 0 radical (unpaired) electrons. The zero-order valence-electron chi connectivity index (χ0n) is 19.5. The number of hydrogen-bond donors (Lipinski definition) is 1. The van der Waals surface area contributed by atoms with Gasteiger partial charge in [-0.1, -0.05) is 43.6 Å². The van der Waals surface area contributed by atoms with E-state index >= 15 is 0 Å². The topological polar surface area (TPSA) is 100 Å². The van der Waals surface area contributed by atoms with E-state index in [0.717, 1.165) is 0 Å². The highest BCUT2D eigenvalue weighted by atomic mass is 35.5. The Hall–Kier alpha value is -3.33. The number of para-hydroxylation sites is 1. The molecule has 0 saturated carbocycles. The molecule has 1 unspecified atom stereocenters.